The second kappa shape index (κ2) is 12.6. The average Bonchev–Trinajstić information content (AvgIpc) is 3.18. The summed E-state index contributed by atoms with van der Waals surface area (Å²) >= 11 is 0. The molecule has 1 atom stereocenters. The molecule has 1 unspecified atom stereocenters. The minimum atomic E-state index is -0.228. The monoisotopic (exact) mass is 397 g/mol. The van der Waals surface area contributed by atoms with Gasteiger partial charge in [0, 0.05) is 36.1 Å². The molecule has 1 heterocycles. The van der Waals surface area contributed by atoms with Crippen molar-refractivity contribution >= 4 is 28.5 Å². The third-order valence-corrected chi connectivity index (χ3v) is 4.73. The van der Waals surface area contributed by atoms with Crippen molar-refractivity contribution < 1.29 is 9.18 Å². The van der Waals surface area contributed by atoms with Crippen LogP contribution in [0.1, 0.15) is 39.2 Å². The minimum absolute atomic E-state index is 0.228. The smallest absolute Gasteiger partial charge is 0.125 e. The SMILES string of the molecule is C/C=C1/C=C(c2c[nH]c3cc(F)ccc23)C=CC1=NC.CCC(C)CC=O.CN. The van der Waals surface area contributed by atoms with Gasteiger partial charge in [0.2, 0.25) is 0 Å². The zero-order valence-electron chi connectivity index (χ0n) is 18.0. The van der Waals surface area contributed by atoms with Crippen molar-refractivity contribution in [1.29, 1.82) is 0 Å². The number of aromatic amines is 1. The van der Waals surface area contributed by atoms with Gasteiger partial charge in [-0.3, -0.25) is 4.99 Å². The lowest BCUT2D eigenvalue weighted by atomic mass is 9.94. The fourth-order valence-electron chi connectivity index (χ4n) is 2.83. The van der Waals surface area contributed by atoms with Gasteiger partial charge in [-0.25, -0.2) is 4.39 Å². The number of halogens is 1. The Kier molecular flexibility index (Phi) is 10.6. The molecule has 0 saturated carbocycles. The maximum absolute atomic E-state index is 13.2. The summed E-state index contributed by atoms with van der Waals surface area (Å²) in [5, 5.41) is 1.02. The number of H-pyrrole nitrogens is 1. The van der Waals surface area contributed by atoms with Crippen LogP contribution in [0.5, 0.6) is 0 Å². The van der Waals surface area contributed by atoms with Gasteiger partial charge in [0.05, 0.1) is 5.71 Å². The van der Waals surface area contributed by atoms with Crippen LogP contribution in [0.4, 0.5) is 4.39 Å². The zero-order valence-corrected chi connectivity index (χ0v) is 18.0. The standard InChI is InChI=1S/C17H15FN2.C6H12O.CH5N/c1-3-11-8-12(4-7-16(11)19-2)15-10-20-17-9-13(18)5-6-14(15)17;1-3-6(2)4-5-7;1-2/h3-10,20H,1-2H3;5-6H,3-4H2,1-2H3;2H2,1H3/b11-3-,19-16?;;. The highest BCUT2D eigenvalue weighted by atomic mass is 19.1. The van der Waals surface area contributed by atoms with Crippen molar-refractivity contribution in [2.24, 2.45) is 16.6 Å². The quantitative estimate of drug-likeness (QED) is 0.671. The van der Waals surface area contributed by atoms with Crippen molar-refractivity contribution in [2.45, 2.75) is 33.6 Å². The number of hydrogen-bond donors (Lipinski definition) is 2. The Morgan fingerprint density at radius 1 is 1.28 bits per heavy atom. The lowest BCUT2D eigenvalue weighted by molar-refractivity contribution is -0.108. The van der Waals surface area contributed by atoms with Gasteiger partial charge in [-0.05, 0) is 61.4 Å². The Morgan fingerprint density at radius 2 is 2.00 bits per heavy atom. The summed E-state index contributed by atoms with van der Waals surface area (Å²) < 4.78 is 13.2. The third-order valence-electron chi connectivity index (χ3n) is 4.73. The van der Waals surface area contributed by atoms with Crippen molar-refractivity contribution in [3.05, 3.63) is 65.7 Å². The van der Waals surface area contributed by atoms with E-state index in [9.17, 15) is 9.18 Å². The van der Waals surface area contributed by atoms with Gasteiger partial charge in [-0.1, -0.05) is 32.4 Å². The van der Waals surface area contributed by atoms with E-state index in [2.05, 4.69) is 35.6 Å². The molecule has 1 aliphatic rings. The van der Waals surface area contributed by atoms with Gasteiger partial charge in [-0.2, -0.15) is 0 Å². The van der Waals surface area contributed by atoms with E-state index in [-0.39, 0.29) is 5.82 Å². The van der Waals surface area contributed by atoms with Crippen LogP contribution in [0.15, 0.2) is 59.3 Å². The number of allylic oxidation sites excluding steroid dienone is 6. The largest absolute Gasteiger partial charge is 0.360 e. The van der Waals surface area contributed by atoms with E-state index in [4.69, 9.17) is 0 Å². The summed E-state index contributed by atoms with van der Waals surface area (Å²) in [4.78, 5) is 17.1. The average molecular weight is 398 g/mol. The molecule has 0 aliphatic heterocycles. The molecule has 1 aromatic heterocycles. The topological polar surface area (TPSA) is 71.2 Å². The Balaban J connectivity index is 0.000000399. The number of aldehydes is 1. The Morgan fingerprint density at radius 3 is 2.55 bits per heavy atom. The van der Waals surface area contributed by atoms with E-state index in [1.54, 1.807) is 7.05 Å². The molecule has 156 valence electrons. The van der Waals surface area contributed by atoms with Crippen LogP contribution in [-0.2, 0) is 4.79 Å². The molecule has 5 heteroatoms. The third kappa shape index (κ3) is 6.64. The minimum Gasteiger partial charge on any atom is -0.360 e. The van der Waals surface area contributed by atoms with E-state index >= 15 is 0 Å². The fraction of sp³-hybridized carbons (Fsp3) is 0.333. The first-order valence-corrected chi connectivity index (χ1v) is 9.85. The predicted molar refractivity (Wildman–Crippen MR) is 123 cm³/mol. The van der Waals surface area contributed by atoms with E-state index in [0.717, 1.165) is 52.5 Å². The lowest BCUT2D eigenvalue weighted by Gasteiger charge is -2.11. The maximum atomic E-state index is 13.2. The number of carbonyl (C=O) groups is 1. The molecule has 0 radical (unpaired) electrons. The summed E-state index contributed by atoms with van der Waals surface area (Å²) in [7, 11) is 3.29. The molecular formula is C24H32FN3O. The molecule has 29 heavy (non-hydrogen) atoms. The molecule has 0 saturated heterocycles. The first-order valence-electron chi connectivity index (χ1n) is 9.85. The molecular weight excluding hydrogens is 365 g/mol. The molecule has 1 aliphatic carbocycles. The van der Waals surface area contributed by atoms with Crippen LogP contribution in [0.2, 0.25) is 0 Å². The Bertz CT molecular complexity index is 919. The number of aliphatic imine (C=N–C) groups is 1. The van der Waals surface area contributed by atoms with Crippen molar-refractivity contribution in [3.63, 3.8) is 0 Å². The summed E-state index contributed by atoms with van der Waals surface area (Å²) in [6.45, 7) is 6.17. The molecule has 0 fully saturated rings. The summed E-state index contributed by atoms with van der Waals surface area (Å²) in [5.41, 5.74) is 9.56. The number of rotatable bonds is 4. The van der Waals surface area contributed by atoms with Gasteiger partial charge in [-0.15, -0.1) is 0 Å². The molecule has 1 aromatic carbocycles. The van der Waals surface area contributed by atoms with Gasteiger partial charge < -0.3 is 15.5 Å². The van der Waals surface area contributed by atoms with Crippen molar-refractivity contribution in [3.8, 4) is 0 Å². The first-order chi connectivity index (χ1) is 14.0. The predicted octanol–water partition coefficient (Wildman–Crippen LogP) is 5.47. The van der Waals surface area contributed by atoms with Crippen LogP contribution in [-0.4, -0.2) is 31.1 Å². The number of aromatic nitrogens is 1. The van der Waals surface area contributed by atoms with Crippen LogP contribution in [0.3, 0.4) is 0 Å². The zero-order chi connectivity index (χ0) is 21.8. The Hall–Kier alpha value is -2.79. The highest BCUT2D eigenvalue weighted by molar-refractivity contribution is 6.15. The van der Waals surface area contributed by atoms with Crippen LogP contribution in [0, 0.1) is 11.7 Å². The second-order valence-corrected chi connectivity index (χ2v) is 6.59. The van der Waals surface area contributed by atoms with E-state index in [0.29, 0.717) is 5.92 Å². The lowest BCUT2D eigenvalue weighted by Crippen LogP contribution is -2.01. The van der Waals surface area contributed by atoms with Gasteiger partial charge in [0.1, 0.15) is 12.1 Å². The normalized spacial score (nSPS) is 16.6. The summed E-state index contributed by atoms with van der Waals surface area (Å²) in [6.07, 6.45) is 12.9. The number of benzene rings is 1. The molecule has 0 spiro atoms. The molecule has 0 amide bonds. The van der Waals surface area contributed by atoms with Gasteiger partial charge in [0.15, 0.2) is 0 Å². The van der Waals surface area contributed by atoms with Crippen LogP contribution >= 0.6 is 0 Å². The number of nitrogens with two attached hydrogens (primary N) is 1. The van der Waals surface area contributed by atoms with E-state index in [1.807, 2.05) is 37.4 Å². The highest BCUT2D eigenvalue weighted by Gasteiger charge is 2.12. The van der Waals surface area contributed by atoms with Gasteiger partial charge >= 0.3 is 0 Å². The number of nitrogens with zero attached hydrogens (tertiary/aromatic N) is 1. The highest BCUT2D eigenvalue weighted by Crippen LogP contribution is 2.29. The first kappa shape index (κ1) is 24.2. The number of hydrogen-bond acceptors (Lipinski definition) is 3. The Labute approximate surface area is 173 Å². The van der Waals surface area contributed by atoms with Crippen LogP contribution < -0.4 is 5.73 Å². The second-order valence-electron chi connectivity index (χ2n) is 6.59. The fourth-order valence-corrected chi connectivity index (χ4v) is 2.83. The van der Waals surface area contributed by atoms with Crippen molar-refractivity contribution in [2.75, 3.05) is 14.1 Å². The van der Waals surface area contributed by atoms with Gasteiger partial charge in [0.25, 0.3) is 0 Å². The van der Waals surface area contributed by atoms with Crippen LogP contribution in [0.25, 0.3) is 16.5 Å². The van der Waals surface area contributed by atoms with E-state index < -0.39 is 0 Å². The number of fused-ring (bicyclic) bond motifs is 1. The number of nitrogens with one attached hydrogen (secondary N) is 1. The summed E-state index contributed by atoms with van der Waals surface area (Å²) in [6, 6.07) is 4.81. The summed E-state index contributed by atoms with van der Waals surface area (Å²) in [5.74, 6) is 0.353. The van der Waals surface area contributed by atoms with Crippen molar-refractivity contribution in [1.82, 2.24) is 4.98 Å². The maximum Gasteiger partial charge on any atom is 0.125 e. The molecule has 3 N–H and O–H groups in total. The van der Waals surface area contributed by atoms with E-state index in [1.165, 1.54) is 19.2 Å². The molecule has 4 nitrogen and oxygen atoms in total. The molecule has 2 aromatic rings. The number of carbonyl (C=O) groups excluding carboxylic acids is 1. The molecule has 0 bridgehead atoms. The molecule has 3 rings (SSSR count).